The molecule has 1 unspecified atom stereocenters. The first kappa shape index (κ1) is 13.3. The van der Waals surface area contributed by atoms with Gasteiger partial charge in [-0.05, 0) is 44.2 Å². The SMILES string of the molecule is OC(CNCCC1=CCCCC1)c1ccccc1. The number of allylic oxidation sites excluding steroid dienone is 1. The van der Waals surface area contributed by atoms with E-state index < -0.39 is 6.10 Å². The Morgan fingerprint density at radius 2 is 2.00 bits per heavy atom. The third kappa shape index (κ3) is 4.28. The molecule has 2 rings (SSSR count). The zero-order chi connectivity index (χ0) is 12.6. The maximum atomic E-state index is 9.98. The van der Waals surface area contributed by atoms with Crippen LogP contribution in [0.5, 0.6) is 0 Å². The topological polar surface area (TPSA) is 32.3 Å². The fourth-order valence-electron chi connectivity index (χ4n) is 2.41. The van der Waals surface area contributed by atoms with Gasteiger partial charge in [-0.25, -0.2) is 0 Å². The minimum absolute atomic E-state index is 0.397. The molecule has 0 fully saturated rings. The molecule has 0 radical (unpaired) electrons. The Bertz CT molecular complexity index is 372. The molecule has 0 spiro atoms. The summed E-state index contributed by atoms with van der Waals surface area (Å²) in [5.74, 6) is 0. The number of hydrogen-bond donors (Lipinski definition) is 2. The van der Waals surface area contributed by atoms with Gasteiger partial charge in [0.1, 0.15) is 0 Å². The summed E-state index contributed by atoms with van der Waals surface area (Å²) in [4.78, 5) is 0. The van der Waals surface area contributed by atoms with Crippen LogP contribution in [0.3, 0.4) is 0 Å². The van der Waals surface area contributed by atoms with Gasteiger partial charge < -0.3 is 10.4 Å². The predicted octanol–water partition coefficient (Wildman–Crippen LogP) is 3.20. The van der Waals surface area contributed by atoms with Crippen molar-refractivity contribution in [3.8, 4) is 0 Å². The smallest absolute Gasteiger partial charge is 0.0914 e. The molecular weight excluding hydrogens is 222 g/mol. The number of benzene rings is 1. The van der Waals surface area contributed by atoms with Crippen LogP contribution in [0.25, 0.3) is 0 Å². The molecule has 0 saturated heterocycles. The van der Waals surface area contributed by atoms with Crippen LogP contribution < -0.4 is 5.32 Å². The van der Waals surface area contributed by atoms with Gasteiger partial charge in [0.05, 0.1) is 6.10 Å². The van der Waals surface area contributed by atoms with Crippen molar-refractivity contribution in [1.82, 2.24) is 5.32 Å². The van der Waals surface area contributed by atoms with E-state index in [0.717, 1.165) is 18.5 Å². The van der Waals surface area contributed by atoms with E-state index in [0.29, 0.717) is 6.54 Å². The third-order valence-electron chi connectivity index (χ3n) is 3.53. The van der Waals surface area contributed by atoms with Gasteiger partial charge in [0.15, 0.2) is 0 Å². The van der Waals surface area contributed by atoms with Gasteiger partial charge in [-0.1, -0.05) is 42.0 Å². The number of aliphatic hydroxyl groups excluding tert-OH is 1. The molecule has 0 aromatic heterocycles. The van der Waals surface area contributed by atoms with E-state index in [-0.39, 0.29) is 0 Å². The van der Waals surface area contributed by atoms with E-state index in [1.54, 1.807) is 5.57 Å². The molecule has 98 valence electrons. The van der Waals surface area contributed by atoms with Crippen molar-refractivity contribution in [2.75, 3.05) is 13.1 Å². The molecule has 0 bridgehead atoms. The fraction of sp³-hybridized carbons (Fsp3) is 0.500. The number of hydrogen-bond acceptors (Lipinski definition) is 2. The molecule has 1 aromatic rings. The number of aliphatic hydroxyl groups is 1. The van der Waals surface area contributed by atoms with Crippen LogP contribution in [0.1, 0.15) is 43.8 Å². The molecule has 0 amide bonds. The third-order valence-corrected chi connectivity index (χ3v) is 3.53. The largest absolute Gasteiger partial charge is 0.387 e. The monoisotopic (exact) mass is 245 g/mol. The van der Waals surface area contributed by atoms with Gasteiger partial charge in [0, 0.05) is 6.54 Å². The van der Waals surface area contributed by atoms with Crippen LogP contribution >= 0.6 is 0 Å². The van der Waals surface area contributed by atoms with E-state index in [2.05, 4.69) is 11.4 Å². The minimum atomic E-state index is -0.397. The summed E-state index contributed by atoms with van der Waals surface area (Å²) < 4.78 is 0. The maximum Gasteiger partial charge on any atom is 0.0914 e. The summed E-state index contributed by atoms with van der Waals surface area (Å²) in [6, 6.07) is 9.84. The Balaban J connectivity index is 1.65. The molecule has 0 heterocycles. The predicted molar refractivity (Wildman–Crippen MR) is 75.4 cm³/mol. The second kappa shape index (κ2) is 7.34. The summed E-state index contributed by atoms with van der Waals surface area (Å²) in [6.45, 7) is 1.60. The Morgan fingerprint density at radius 1 is 1.17 bits per heavy atom. The van der Waals surface area contributed by atoms with E-state index in [4.69, 9.17) is 0 Å². The van der Waals surface area contributed by atoms with Crippen molar-refractivity contribution >= 4 is 0 Å². The van der Waals surface area contributed by atoms with Crippen LogP contribution in [-0.2, 0) is 0 Å². The Hall–Kier alpha value is -1.12. The first-order valence-electron chi connectivity index (χ1n) is 6.98. The normalized spacial score (nSPS) is 17.3. The second-order valence-corrected chi connectivity index (χ2v) is 4.99. The van der Waals surface area contributed by atoms with Gasteiger partial charge >= 0.3 is 0 Å². The minimum Gasteiger partial charge on any atom is -0.387 e. The summed E-state index contributed by atoms with van der Waals surface area (Å²) in [7, 11) is 0. The summed E-state index contributed by atoms with van der Waals surface area (Å²) in [5.41, 5.74) is 2.57. The Morgan fingerprint density at radius 3 is 2.72 bits per heavy atom. The molecule has 2 heteroatoms. The fourth-order valence-corrected chi connectivity index (χ4v) is 2.41. The van der Waals surface area contributed by atoms with Crippen LogP contribution in [0.15, 0.2) is 42.0 Å². The Labute approximate surface area is 110 Å². The van der Waals surface area contributed by atoms with Crippen LogP contribution in [0, 0.1) is 0 Å². The van der Waals surface area contributed by atoms with Crippen molar-refractivity contribution in [3.05, 3.63) is 47.5 Å². The molecule has 18 heavy (non-hydrogen) atoms. The van der Waals surface area contributed by atoms with Gasteiger partial charge in [0.25, 0.3) is 0 Å². The highest BCUT2D eigenvalue weighted by Crippen LogP contribution is 2.19. The van der Waals surface area contributed by atoms with Crippen molar-refractivity contribution in [2.45, 2.75) is 38.2 Å². The Kier molecular flexibility index (Phi) is 5.43. The zero-order valence-electron chi connectivity index (χ0n) is 10.9. The van der Waals surface area contributed by atoms with Gasteiger partial charge in [0.2, 0.25) is 0 Å². The molecule has 2 nitrogen and oxygen atoms in total. The lowest BCUT2D eigenvalue weighted by atomic mass is 9.97. The van der Waals surface area contributed by atoms with Crippen LogP contribution in [-0.4, -0.2) is 18.2 Å². The summed E-state index contributed by atoms with van der Waals surface area (Å²) in [5, 5.41) is 13.3. The average Bonchev–Trinajstić information content (AvgIpc) is 2.45. The molecule has 1 aliphatic carbocycles. The van der Waals surface area contributed by atoms with E-state index >= 15 is 0 Å². The molecule has 1 atom stereocenters. The molecule has 0 saturated carbocycles. The highest BCUT2D eigenvalue weighted by molar-refractivity contribution is 5.17. The lowest BCUT2D eigenvalue weighted by Gasteiger charge is -2.15. The maximum absolute atomic E-state index is 9.98. The zero-order valence-corrected chi connectivity index (χ0v) is 10.9. The molecule has 2 N–H and O–H groups in total. The lowest BCUT2D eigenvalue weighted by molar-refractivity contribution is 0.175. The van der Waals surface area contributed by atoms with Crippen molar-refractivity contribution < 1.29 is 5.11 Å². The standard InChI is InChI=1S/C16H23NO/c18-16(15-9-5-2-6-10-15)13-17-12-11-14-7-3-1-4-8-14/h2,5-7,9-10,16-18H,1,3-4,8,11-13H2. The number of nitrogens with one attached hydrogen (secondary N) is 1. The van der Waals surface area contributed by atoms with Crippen molar-refractivity contribution in [3.63, 3.8) is 0 Å². The summed E-state index contributed by atoms with van der Waals surface area (Å²) in [6.07, 6.45) is 8.33. The highest BCUT2D eigenvalue weighted by Gasteiger charge is 2.06. The van der Waals surface area contributed by atoms with Crippen molar-refractivity contribution in [1.29, 1.82) is 0 Å². The average molecular weight is 245 g/mol. The van der Waals surface area contributed by atoms with E-state index in [1.807, 2.05) is 30.3 Å². The first-order chi connectivity index (χ1) is 8.86. The van der Waals surface area contributed by atoms with Gasteiger partial charge in [-0.2, -0.15) is 0 Å². The van der Waals surface area contributed by atoms with Crippen LogP contribution in [0.4, 0.5) is 0 Å². The molecular formula is C16H23NO. The summed E-state index contributed by atoms with van der Waals surface area (Å²) >= 11 is 0. The van der Waals surface area contributed by atoms with Crippen LogP contribution in [0.2, 0.25) is 0 Å². The molecule has 1 aliphatic rings. The highest BCUT2D eigenvalue weighted by atomic mass is 16.3. The lowest BCUT2D eigenvalue weighted by Crippen LogP contribution is -2.23. The quantitative estimate of drug-likeness (QED) is 0.596. The first-order valence-corrected chi connectivity index (χ1v) is 6.98. The van der Waals surface area contributed by atoms with Crippen molar-refractivity contribution in [2.24, 2.45) is 0 Å². The molecule has 1 aromatic carbocycles. The molecule has 0 aliphatic heterocycles. The number of rotatable bonds is 6. The van der Waals surface area contributed by atoms with Gasteiger partial charge in [-0.3, -0.25) is 0 Å². The van der Waals surface area contributed by atoms with E-state index in [1.165, 1.54) is 25.7 Å². The second-order valence-electron chi connectivity index (χ2n) is 4.99. The van der Waals surface area contributed by atoms with Gasteiger partial charge in [-0.15, -0.1) is 0 Å². The van der Waals surface area contributed by atoms with E-state index in [9.17, 15) is 5.11 Å².